The molecule has 0 radical (unpaired) electrons. The van der Waals surface area contributed by atoms with Crippen molar-refractivity contribution in [1.29, 1.82) is 0 Å². The van der Waals surface area contributed by atoms with Crippen LogP contribution in [0.5, 0.6) is 0 Å². The van der Waals surface area contributed by atoms with Gasteiger partial charge >= 0.3 is 6.18 Å². The molecule has 1 saturated heterocycles. The number of hydrogen-bond acceptors (Lipinski definition) is 3. The van der Waals surface area contributed by atoms with Crippen LogP contribution in [0.15, 0.2) is 24.3 Å². The van der Waals surface area contributed by atoms with E-state index in [2.05, 4.69) is 5.32 Å². The summed E-state index contributed by atoms with van der Waals surface area (Å²) in [4.78, 5) is 26.8. The van der Waals surface area contributed by atoms with Gasteiger partial charge in [-0.05, 0) is 56.2 Å². The van der Waals surface area contributed by atoms with Gasteiger partial charge in [-0.1, -0.05) is 12.1 Å². The Hall–Kier alpha value is -2.09. The van der Waals surface area contributed by atoms with Crippen LogP contribution < -0.4 is 5.32 Å². The number of ether oxygens (including phenoxy) is 1. The summed E-state index contributed by atoms with van der Waals surface area (Å²) < 4.78 is 43.3. The van der Waals surface area contributed by atoms with Crippen LogP contribution in [0.4, 0.5) is 13.2 Å². The lowest BCUT2D eigenvalue weighted by molar-refractivity contribution is -0.137. The summed E-state index contributed by atoms with van der Waals surface area (Å²) in [6.07, 6.45) is -1.62. The molecule has 1 N–H and O–H groups in total. The fourth-order valence-corrected chi connectivity index (χ4v) is 4.03. The van der Waals surface area contributed by atoms with Crippen molar-refractivity contribution >= 4 is 11.8 Å². The maximum absolute atomic E-state index is 12.8. The number of carbonyl (C=O) groups excluding carboxylic acids is 2. The number of nitrogens with zero attached hydrogens (tertiary/aromatic N) is 1. The van der Waals surface area contributed by atoms with Gasteiger partial charge in [-0.25, -0.2) is 0 Å². The second-order valence-corrected chi connectivity index (χ2v) is 8.01. The molecule has 1 saturated carbocycles. The molecular weight excluding hydrogens is 397 g/mol. The Labute approximate surface area is 175 Å². The monoisotopic (exact) mass is 426 g/mol. The highest BCUT2D eigenvalue weighted by atomic mass is 19.4. The molecule has 8 heteroatoms. The van der Waals surface area contributed by atoms with Crippen molar-refractivity contribution < 1.29 is 27.5 Å². The molecule has 30 heavy (non-hydrogen) atoms. The van der Waals surface area contributed by atoms with E-state index in [0.717, 1.165) is 24.1 Å². The molecule has 2 atom stereocenters. The van der Waals surface area contributed by atoms with Gasteiger partial charge in [-0.15, -0.1) is 0 Å². The van der Waals surface area contributed by atoms with E-state index in [1.807, 2.05) is 6.92 Å². The average Bonchev–Trinajstić information content (AvgIpc) is 3.53. The number of carbonyl (C=O) groups is 2. The van der Waals surface area contributed by atoms with Crippen molar-refractivity contribution in [3.63, 3.8) is 0 Å². The highest BCUT2D eigenvalue weighted by molar-refractivity contribution is 5.84. The Morgan fingerprint density at radius 1 is 1.17 bits per heavy atom. The lowest BCUT2D eigenvalue weighted by Gasteiger charge is -2.31. The third kappa shape index (κ3) is 5.74. The van der Waals surface area contributed by atoms with E-state index < -0.39 is 11.7 Å². The first kappa shape index (κ1) is 22.6. The number of halogens is 3. The number of benzene rings is 1. The maximum Gasteiger partial charge on any atom is 0.416 e. The average molecular weight is 426 g/mol. The Morgan fingerprint density at radius 2 is 1.83 bits per heavy atom. The normalized spacial score (nSPS) is 22.1. The summed E-state index contributed by atoms with van der Waals surface area (Å²) in [5.41, 5.74) is 0.107. The zero-order valence-electron chi connectivity index (χ0n) is 17.2. The van der Waals surface area contributed by atoms with Crippen molar-refractivity contribution in [1.82, 2.24) is 10.2 Å². The van der Waals surface area contributed by atoms with Gasteiger partial charge in [0.2, 0.25) is 11.8 Å². The van der Waals surface area contributed by atoms with Gasteiger partial charge in [0.1, 0.15) is 0 Å². The van der Waals surface area contributed by atoms with E-state index >= 15 is 0 Å². The first-order chi connectivity index (χ1) is 14.3. The van der Waals surface area contributed by atoms with Gasteiger partial charge in [-0.2, -0.15) is 13.2 Å². The quantitative estimate of drug-likeness (QED) is 0.647. The summed E-state index contributed by atoms with van der Waals surface area (Å²) in [5, 5.41) is 2.93. The molecule has 1 aromatic carbocycles. The van der Waals surface area contributed by atoms with Gasteiger partial charge in [-0.3, -0.25) is 9.59 Å². The lowest BCUT2D eigenvalue weighted by Crippen LogP contribution is -2.43. The predicted molar refractivity (Wildman–Crippen MR) is 106 cm³/mol. The molecule has 2 aliphatic rings. The van der Waals surface area contributed by atoms with Crippen molar-refractivity contribution in [3.05, 3.63) is 35.4 Å². The molecule has 166 valence electrons. The van der Waals surface area contributed by atoms with E-state index in [1.54, 1.807) is 4.90 Å². The molecule has 1 heterocycles. The number of likely N-dealkylation sites (tertiary alicyclic amines) is 1. The van der Waals surface area contributed by atoms with E-state index in [9.17, 15) is 22.8 Å². The fourth-order valence-electron chi connectivity index (χ4n) is 4.03. The van der Waals surface area contributed by atoms with Crippen LogP contribution in [0.3, 0.4) is 0 Å². The van der Waals surface area contributed by atoms with Crippen molar-refractivity contribution in [2.24, 2.45) is 11.8 Å². The molecule has 0 spiro atoms. The van der Waals surface area contributed by atoms with Crippen LogP contribution in [-0.2, 0) is 20.5 Å². The molecule has 1 aliphatic heterocycles. The minimum atomic E-state index is -4.35. The third-order valence-corrected chi connectivity index (χ3v) is 5.92. The topological polar surface area (TPSA) is 58.6 Å². The molecule has 5 nitrogen and oxygen atoms in total. The van der Waals surface area contributed by atoms with Gasteiger partial charge < -0.3 is 15.0 Å². The summed E-state index contributed by atoms with van der Waals surface area (Å²) in [5.74, 6) is -0.161. The first-order valence-electron chi connectivity index (χ1n) is 10.6. The fraction of sp³-hybridized carbons (Fsp3) is 0.636. The maximum atomic E-state index is 12.8. The molecule has 2 amide bonds. The summed E-state index contributed by atoms with van der Waals surface area (Å²) in [6.45, 7) is 4.92. The number of hydrogen-bond donors (Lipinski definition) is 1. The number of alkyl halides is 3. The van der Waals surface area contributed by atoms with Crippen LogP contribution in [0.25, 0.3) is 0 Å². The number of amides is 2. The lowest BCUT2D eigenvalue weighted by atomic mass is 9.95. The summed E-state index contributed by atoms with van der Waals surface area (Å²) in [7, 11) is 0. The highest BCUT2D eigenvalue weighted by Crippen LogP contribution is 2.49. The van der Waals surface area contributed by atoms with E-state index in [4.69, 9.17) is 4.74 Å². The first-order valence-corrected chi connectivity index (χ1v) is 10.6. The number of rotatable bonds is 8. The van der Waals surface area contributed by atoms with Crippen LogP contribution in [0.2, 0.25) is 0 Å². The van der Waals surface area contributed by atoms with Crippen LogP contribution in [0, 0.1) is 11.8 Å². The smallest absolute Gasteiger partial charge is 0.382 e. The molecule has 2 fully saturated rings. The molecule has 1 aromatic rings. The van der Waals surface area contributed by atoms with E-state index in [0.29, 0.717) is 52.1 Å². The zero-order valence-corrected chi connectivity index (χ0v) is 17.2. The molecule has 1 aliphatic carbocycles. The Morgan fingerprint density at radius 3 is 2.43 bits per heavy atom. The van der Waals surface area contributed by atoms with E-state index in [1.165, 1.54) is 12.1 Å². The van der Waals surface area contributed by atoms with Crippen LogP contribution in [-0.4, -0.2) is 49.6 Å². The second kappa shape index (κ2) is 9.81. The zero-order chi connectivity index (χ0) is 21.7. The largest absolute Gasteiger partial charge is 0.416 e. The standard InChI is InChI=1S/C22H29F3N2O3/c1-2-30-13-3-10-26-20(28)16-8-11-27(12-9-16)21(29)19-14-18(19)15-4-6-17(7-5-15)22(23,24)25/h4-7,16,18-19H,2-3,8-14H2,1H3,(H,26,28). The Kier molecular flexibility index (Phi) is 7.39. The minimum Gasteiger partial charge on any atom is -0.382 e. The minimum absolute atomic E-state index is 0.00820. The number of piperidine rings is 1. The van der Waals surface area contributed by atoms with Gasteiger partial charge in [0.25, 0.3) is 0 Å². The predicted octanol–water partition coefficient (Wildman–Crippen LogP) is 3.59. The molecular formula is C22H29F3N2O3. The van der Waals surface area contributed by atoms with Crippen LogP contribution >= 0.6 is 0 Å². The molecule has 2 unspecified atom stereocenters. The molecule has 0 aromatic heterocycles. The third-order valence-electron chi connectivity index (χ3n) is 5.92. The van der Waals surface area contributed by atoms with Crippen molar-refractivity contribution in [2.75, 3.05) is 32.8 Å². The Bertz CT molecular complexity index is 728. The highest BCUT2D eigenvalue weighted by Gasteiger charge is 2.46. The van der Waals surface area contributed by atoms with Crippen LogP contribution in [0.1, 0.15) is 49.7 Å². The SMILES string of the molecule is CCOCCCNC(=O)C1CCN(C(=O)C2CC2c2ccc(C(F)(F)F)cc2)CC1. The van der Waals surface area contributed by atoms with Crippen molar-refractivity contribution in [3.8, 4) is 0 Å². The number of nitrogens with one attached hydrogen (secondary N) is 1. The van der Waals surface area contributed by atoms with Gasteiger partial charge in [0.15, 0.2) is 0 Å². The second-order valence-electron chi connectivity index (χ2n) is 8.01. The summed E-state index contributed by atoms with van der Waals surface area (Å²) in [6, 6.07) is 5.10. The van der Waals surface area contributed by atoms with Gasteiger partial charge in [0, 0.05) is 44.7 Å². The molecule has 3 rings (SSSR count). The van der Waals surface area contributed by atoms with Crippen molar-refractivity contribution in [2.45, 2.75) is 44.7 Å². The van der Waals surface area contributed by atoms with Gasteiger partial charge in [0.05, 0.1) is 5.56 Å². The Balaban J connectivity index is 1.41. The van der Waals surface area contributed by atoms with E-state index in [-0.39, 0.29) is 29.6 Å². The molecule has 0 bridgehead atoms. The summed E-state index contributed by atoms with van der Waals surface area (Å²) >= 11 is 0.